The summed E-state index contributed by atoms with van der Waals surface area (Å²) in [4.78, 5) is 0. The number of hydrogen-bond donors (Lipinski definition) is 1. The van der Waals surface area contributed by atoms with E-state index in [1.54, 1.807) is 11.3 Å². The smallest absolute Gasteiger partial charge is 0.131 e. The highest BCUT2D eigenvalue weighted by Gasteiger charge is 2.21. The second-order valence-corrected chi connectivity index (χ2v) is 5.70. The van der Waals surface area contributed by atoms with Crippen LogP contribution in [0.15, 0.2) is 0 Å². The number of nitrogens with one attached hydrogen (secondary N) is 1. The summed E-state index contributed by atoms with van der Waals surface area (Å²) in [7, 11) is 0. The third-order valence-corrected chi connectivity index (χ3v) is 4.09. The van der Waals surface area contributed by atoms with E-state index >= 15 is 0 Å². The maximum absolute atomic E-state index is 4.12. The van der Waals surface area contributed by atoms with Crippen LogP contribution in [0.5, 0.6) is 0 Å². The van der Waals surface area contributed by atoms with E-state index in [1.165, 1.54) is 25.7 Å². The van der Waals surface area contributed by atoms with Gasteiger partial charge in [-0.05, 0) is 32.6 Å². The highest BCUT2D eigenvalue weighted by atomic mass is 32.1. The molecule has 1 aliphatic rings. The Labute approximate surface area is 95.3 Å². The van der Waals surface area contributed by atoms with Crippen LogP contribution in [0.1, 0.15) is 42.6 Å². The number of nitrogens with zero attached hydrogens (tertiary/aromatic N) is 2. The summed E-state index contributed by atoms with van der Waals surface area (Å²) in [6.07, 6.45) is 5.61. The van der Waals surface area contributed by atoms with Crippen LogP contribution in [0, 0.1) is 12.8 Å². The van der Waals surface area contributed by atoms with E-state index in [0.717, 1.165) is 22.5 Å². The quantitative estimate of drug-likeness (QED) is 0.855. The minimum Gasteiger partial charge on any atom is -0.308 e. The van der Waals surface area contributed by atoms with E-state index in [2.05, 4.69) is 22.4 Å². The zero-order valence-corrected chi connectivity index (χ0v) is 10.3. The van der Waals surface area contributed by atoms with Gasteiger partial charge in [-0.3, -0.25) is 0 Å². The lowest BCUT2D eigenvalue weighted by Crippen LogP contribution is -2.31. The van der Waals surface area contributed by atoms with E-state index in [4.69, 9.17) is 0 Å². The van der Waals surface area contributed by atoms with Crippen LogP contribution in [0.4, 0.5) is 0 Å². The third kappa shape index (κ3) is 2.98. The molecule has 4 heteroatoms. The predicted molar refractivity (Wildman–Crippen MR) is 62.9 cm³/mol. The van der Waals surface area contributed by atoms with E-state index < -0.39 is 0 Å². The van der Waals surface area contributed by atoms with Crippen LogP contribution in [0.3, 0.4) is 0 Å². The molecule has 0 radical (unpaired) electrons. The summed E-state index contributed by atoms with van der Waals surface area (Å²) in [6.45, 7) is 5.18. The molecule has 1 aromatic rings. The van der Waals surface area contributed by atoms with Crippen molar-refractivity contribution in [1.82, 2.24) is 15.5 Å². The fraction of sp³-hybridized carbons (Fsp3) is 0.818. The molecule has 0 aromatic carbocycles. The SMILES string of the molecule is Cc1nnc(CNC(C)C2CCCC2)s1. The third-order valence-electron chi connectivity index (χ3n) is 3.25. The van der Waals surface area contributed by atoms with Crippen molar-refractivity contribution in [1.29, 1.82) is 0 Å². The summed E-state index contributed by atoms with van der Waals surface area (Å²) >= 11 is 1.69. The van der Waals surface area contributed by atoms with Crippen molar-refractivity contribution >= 4 is 11.3 Å². The Morgan fingerprint density at radius 2 is 2.13 bits per heavy atom. The molecule has 2 rings (SSSR count). The first-order valence-electron chi connectivity index (χ1n) is 5.78. The van der Waals surface area contributed by atoms with Gasteiger partial charge in [0.2, 0.25) is 0 Å². The first kappa shape index (κ1) is 11.0. The van der Waals surface area contributed by atoms with Crippen LogP contribution in [-0.4, -0.2) is 16.2 Å². The van der Waals surface area contributed by atoms with Crippen LogP contribution in [0.25, 0.3) is 0 Å². The minimum absolute atomic E-state index is 0.622. The van der Waals surface area contributed by atoms with Crippen molar-refractivity contribution in [2.45, 2.75) is 52.1 Å². The zero-order valence-electron chi connectivity index (χ0n) is 9.49. The first-order chi connectivity index (χ1) is 7.25. The second-order valence-electron chi connectivity index (χ2n) is 4.43. The molecule has 1 heterocycles. The van der Waals surface area contributed by atoms with Gasteiger partial charge in [-0.25, -0.2) is 0 Å². The molecule has 1 atom stereocenters. The number of aryl methyl sites for hydroxylation is 1. The van der Waals surface area contributed by atoms with Crippen LogP contribution in [0.2, 0.25) is 0 Å². The molecule has 1 unspecified atom stereocenters. The Morgan fingerprint density at radius 1 is 1.40 bits per heavy atom. The van der Waals surface area contributed by atoms with Crippen molar-refractivity contribution in [3.05, 3.63) is 10.0 Å². The molecule has 1 N–H and O–H groups in total. The molecule has 3 nitrogen and oxygen atoms in total. The van der Waals surface area contributed by atoms with E-state index in [1.807, 2.05) is 6.92 Å². The molecule has 1 aliphatic carbocycles. The van der Waals surface area contributed by atoms with Gasteiger partial charge in [0.25, 0.3) is 0 Å². The Balaban J connectivity index is 1.77. The number of hydrogen-bond acceptors (Lipinski definition) is 4. The van der Waals surface area contributed by atoms with Gasteiger partial charge >= 0.3 is 0 Å². The Bertz CT molecular complexity index is 305. The van der Waals surface area contributed by atoms with Crippen molar-refractivity contribution in [3.8, 4) is 0 Å². The maximum atomic E-state index is 4.12. The van der Waals surface area contributed by atoms with Gasteiger partial charge in [0.1, 0.15) is 10.0 Å². The fourth-order valence-electron chi connectivity index (χ4n) is 2.28. The van der Waals surface area contributed by atoms with Crippen LogP contribution in [-0.2, 0) is 6.54 Å². The van der Waals surface area contributed by atoms with Crippen molar-refractivity contribution in [3.63, 3.8) is 0 Å². The van der Waals surface area contributed by atoms with Gasteiger partial charge in [-0.2, -0.15) is 0 Å². The lowest BCUT2D eigenvalue weighted by atomic mass is 10.00. The highest BCUT2D eigenvalue weighted by Crippen LogP contribution is 2.27. The van der Waals surface area contributed by atoms with Gasteiger partial charge in [-0.15, -0.1) is 21.5 Å². The summed E-state index contributed by atoms with van der Waals surface area (Å²) in [6, 6.07) is 0.622. The van der Waals surface area contributed by atoms with Crippen LogP contribution < -0.4 is 5.32 Å². The minimum atomic E-state index is 0.622. The number of aromatic nitrogens is 2. The molecule has 0 spiro atoms. The summed E-state index contributed by atoms with van der Waals surface area (Å²) in [5.74, 6) is 0.874. The Hall–Kier alpha value is -0.480. The van der Waals surface area contributed by atoms with E-state index in [0.29, 0.717) is 6.04 Å². The Morgan fingerprint density at radius 3 is 2.73 bits per heavy atom. The molecule has 0 aliphatic heterocycles. The molecular formula is C11H19N3S. The molecule has 0 amide bonds. The molecule has 1 saturated carbocycles. The van der Waals surface area contributed by atoms with Gasteiger partial charge in [0.15, 0.2) is 0 Å². The van der Waals surface area contributed by atoms with Crippen molar-refractivity contribution < 1.29 is 0 Å². The maximum Gasteiger partial charge on any atom is 0.131 e. The molecule has 15 heavy (non-hydrogen) atoms. The standard InChI is InChI=1S/C11H19N3S/c1-8(10-5-3-4-6-10)12-7-11-14-13-9(2)15-11/h8,10,12H,3-7H2,1-2H3. The van der Waals surface area contributed by atoms with Crippen molar-refractivity contribution in [2.24, 2.45) is 5.92 Å². The Kier molecular flexibility index (Phi) is 3.70. The highest BCUT2D eigenvalue weighted by molar-refractivity contribution is 7.11. The summed E-state index contributed by atoms with van der Waals surface area (Å²) in [5, 5.41) is 13.9. The number of rotatable bonds is 4. The van der Waals surface area contributed by atoms with Gasteiger partial charge in [0.05, 0.1) is 0 Å². The lowest BCUT2D eigenvalue weighted by Gasteiger charge is -2.19. The summed E-state index contributed by atoms with van der Waals surface area (Å²) < 4.78 is 0. The fourth-order valence-corrected chi connectivity index (χ4v) is 2.94. The average Bonchev–Trinajstić information content (AvgIpc) is 2.84. The largest absolute Gasteiger partial charge is 0.308 e. The second kappa shape index (κ2) is 5.03. The first-order valence-corrected chi connectivity index (χ1v) is 6.59. The molecular weight excluding hydrogens is 206 g/mol. The summed E-state index contributed by atoms with van der Waals surface area (Å²) in [5.41, 5.74) is 0. The molecule has 1 aromatic heterocycles. The average molecular weight is 225 g/mol. The zero-order chi connectivity index (χ0) is 10.7. The predicted octanol–water partition coefficient (Wildman–Crippen LogP) is 2.51. The normalized spacial score (nSPS) is 19.6. The van der Waals surface area contributed by atoms with E-state index in [-0.39, 0.29) is 0 Å². The van der Waals surface area contributed by atoms with Gasteiger partial charge < -0.3 is 5.32 Å². The molecule has 0 saturated heterocycles. The van der Waals surface area contributed by atoms with Gasteiger partial charge in [-0.1, -0.05) is 12.8 Å². The van der Waals surface area contributed by atoms with E-state index in [9.17, 15) is 0 Å². The molecule has 1 fully saturated rings. The van der Waals surface area contributed by atoms with Crippen LogP contribution >= 0.6 is 11.3 Å². The van der Waals surface area contributed by atoms with Crippen molar-refractivity contribution in [2.75, 3.05) is 0 Å². The molecule has 84 valence electrons. The van der Waals surface area contributed by atoms with Gasteiger partial charge in [0, 0.05) is 12.6 Å². The monoisotopic (exact) mass is 225 g/mol. The molecule has 0 bridgehead atoms. The lowest BCUT2D eigenvalue weighted by molar-refractivity contribution is 0.380. The topological polar surface area (TPSA) is 37.8 Å².